The summed E-state index contributed by atoms with van der Waals surface area (Å²) in [5.74, 6) is 0. The number of benzene rings is 2. The van der Waals surface area contributed by atoms with Gasteiger partial charge in [0.15, 0.2) is 9.84 Å². The minimum atomic E-state index is -4.49. The second-order valence-corrected chi connectivity index (χ2v) is 9.94. The van der Waals surface area contributed by atoms with Gasteiger partial charge in [0.1, 0.15) is 0 Å². The predicted octanol–water partition coefficient (Wildman–Crippen LogP) is 6.36. The standard InChI is InChI=1S/C22H16F3NO2S2/c1-13-11-26-21-17(7-4-8-18(21)22(23,24)25)20(13)19-10-15(12-29-19)14-5-3-6-16(9-14)30(2,27)28/h3-12H,1-2H3. The number of fused-ring (bicyclic) bond motifs is 1. The van der Waals surface area contributed by atoms with Crippen LogP contribution in [0.1, 0.15) is 11.1 Å². The molecule has 0 N–H and O–H groups in total. The summed E-state index contributed by atoms with van der Waals surface area (Å²) in [6.45, 7) is 1.81. The zero-order valence-corrected chi connectivity index (χ0v) is 17.6. The Morgan fingerprint density at radius 1 is 1.00 bits per heavy atom. The molecule has 2 aromatic carbocycles. The number of halogens is 3. The summed E-state index contributed by atoms with van der Waals surface area (Å²) < 4.78 is 64.0. The lowest BCUT2D eigenvalue weighted by Crippen LogP contribution is -2.07. The molecule has 0 amide bonds. The molecular formula is C22H16F3NO2S2. The molecule has 0 aliphatic carbocycles. The number of sulfone groups is 1. The van der Waals surface area contributed by atoms with Crippen molar-refractivity contribution < 1.29 is 21.6 Å². The molecule has 2 aromatic heterocycles. The van der Waals surface area contributed by atoms with E-state index in [9.17, 15) is 21.6 Å². The van der Waals surface area contributed by atoms with Crippen molar-refractivity contribution in [2.24, 2.45) is 0 Å². The van der Waals surface area contributed by atoms with Crippen molar-refractivity contribution in [2.45, 2.75) is 18.0 Å². The molecule has 0 aliphatic heterocycles. The molecule has 4 aromatic rings. The lowest BCUT2D eigenvalue weighted by molar-refractivity contribution is -0.136. The molecule has 0 saturated heterocycles. The van der Waals surface area contributed by atoms with Crippen molar-refractivity contribution in [3.8, 4) is 21.6 Å². The van der Waals surface area contributed by atoms with E-state index < -0.39 is 21.6 Å². The van der Waals surface area contributed by atoms with E-state index in [1.165, 1.54) is 29.7 Å². The molecule has 8 heteroatoms. The van der Waals surface area contributed by atoms with E-state index in [-0.39, 0.29) is 10.4 Å². The predicted molar refractivity (Wildman–Crippen MR) is 113 cm³/mol. The van der Waals surface area contributed by atoms with E-state index in [0.717, 1.165) is 33.9 Å². The van der Waals surface area contributed by atoms with Gasteiger partial charge in [0.25, 0.3) is 0 Å². The van der Waals surface area contributed by atoms with Crippen LogP contribution in [0.3, 0.4) is 0 Å². The number of nitrogens with zero attached hydrogens (tertiary/aromatic N) is 1. The summed E-state index contributed by atoms with van der Waals surface area (Å²) in [7, 11) is -3.34. The zero-order chi connectivity index (χ0) is 21.7. The average molecular weight is 448 g/mol. The number of hydrogen-bond acceptors (Lipinski definition) is 4. The molecule has 0 radical (unpaired) electrons. The molecular weight excluding hydrogens is 431 g/mol. The van der Waals surface area contributed by atoms with Crippen molar-refractivity contribution in [1.82, 2.24) is 4.98 Å². The lowest BCUT2D eigenvalue weighted by atomic mass is 9.99. The first-order valence-corrected chi connectivity index (χ1v) is 11.7. The van der Waals surface area contributed by atoms with Gasteiger partial charge in [-0.1, -0.05) is 24.3 Å². The molecule has 0 unspecified atom stereocenters. The van der Waals surface area contributed by atoms with Gasteiger partial charge in [-0.15, -0.1) is 11.3 Å². The summed E-state index contributed by atoms with van der Waals surface area (Å²) in [6.07, 6.45) is -1.89. The maximum Gasteiger partial charge on any atom is 0.418 e. The van der Waals surface area contributed by atoms with E-state index in [4.69, 9.17) is 0 Å². The fraction of sp³-hybridized carbons (Fsp3) is 0.136. The second kappa shape index (κ2) is 7.21. The Hall–Kier alpha value is -2.71. The molecule has 0 fully saturated rings. The maximum absolute atomic E-state index is 13.4. The van der Waals surface area contributed by atoms with Gasteiger partial charge in [-0.25, -0.2) is 8.42 Å². The van der Waals surface area contributed by atoms with Gasteiger partial charge in [-0.05, 0) is 53.3 Å². The minimum Gasteiger partial charge on any atom is -0.255 e. The Labute approximate surface area is 175 Å². The number of thiophene rings is 1. The molecule has 2 heterocycles. The maximum atomic E-state index is 13.4. The van der Waals surface area contributed by atoms with Crippen LogP contribution in [0.5, 0.6) is 0 Å². The molecule has 30 heavy (non-hydrogen) atoms. The van der Waals surface area contributed by atoms with Crippen LogP contribution in [0.15, 0.2) is 65.0 Å². The molecule has 0 saturated carbocycles. The summed E-state index contributed by atoms with van der Waals surface area (Å²) in [5.41, 5.74) is 2.14. The lowest BCUT2D eigenvalue weighted by Gasteiger charge is -2.13. The summed E-state index contributed by atoms with van der Waals surface area (Å²) in [4.78, 5) is 5.06. The number of aryl methyl sites for hydroxylation is 1. The molecule has 4 rings (SSSR count). The number of aromatic nitrogens is 1. The van der Waals surface area contributed by atoms with Gasteiger partial charge in [0, 0.05) is 28.3 Å². The number of hydrogen-bond donors (Lipinski definition) is 0. The van der Waals surface area contributed by atoms with E-state index in [1.54, 1.807) is 24.3 Å². The van der Waals surface area contributed by atoms with Crippen molar-refractivity contribution >= 4 is 32.1 Å². The Morgan fingerprint density at radius 2 is 1.73 bits per heavy atom. The number of rotatable bonds is 3. The highest BCUT2D eigenvalue weighted by molar-refractivity contribution is 7.90. The van der Waals surface area contributed by atoms with Gasteiger partial charge < -0.3 is 0 Å². The topological polar surface area (TPSA) is 47.0 Å². The van der Waals surface area contributed by atoms with Gasteiger partial charge >= 0.3 is 6.18 Å². The van der Waals surface area contributed by atoms with Crippen LogP contribution < -0.4 is 0 Å². The summed E-state index contributed by atoms with van der Waals surface area (Å²) in [5, 5.41) is 2.30. The fourth-order valence-electron chi connectivity index (χ4n) is 3.40. The van der Waals surface area contributed by atoms with Crippen LogP contribution in [0.2, 0.25) is 0 Å². The minimum absolute atomic E-state index is 0.0837. The fourth-order valence-corrected chi connectivity index (χ4v) is 5.11. The van der Waals surface area contributed by atoms with Crippen molar-refractivity contribution in [2.75, 3.05) is 6.26 Å². The average Bonchev–Trinajstić information content (AvgIpc) is 3.15. The van der Waals surface area contributed by atoms with Crippen LogP contribution in [0, 0.1) is 6.92 Å². The Kier molecular flexibility index (Phi) is 4.94. The quantitative estimate of drug-likeness (QED) is 0.367. The largest absolute Gasteiger partial charge is 0.418 e. The van der Waals surface area contributed by atoms with Crippen molar-refractivity contribution in [3.05, 3.63) is 71.2 Å². The third-order valence-corrected chi connectivity index (χ3v) is 6.89. The monoisotopic (exact) mass is 447 g/mol. The first-order valence-electron chi connectivity index (χ1n) is 8.90. The van der Waals surface area contributed by atoms with Gasteiger partial charge in [-0.3, -0.25) is 4.98 Å². The first-order chi connectivity index (χ1) is 14.1. The normalized spacial score (nSPS) is 12.4. The van der Waals surface area contributed by atoms with Crippen LogP contribution in [0.25, 0.3) is 32.5 Å². The Bertz CT molecular complexity index is 1370. The second-order valence-electron chi connectivity index (χ2n) is 7.02. The van der Waals surface area contributed by atoms with E-state index in [1.807, 2.05) is 18.4 Å². The summed E-state index contributed by atoms with van der Waals surface area (Å²) >= 11 is 1.39. The van der Waals surface area contributed by atoms with Gasteiger partial charge in [0.05, 0.1) is 16.0 Å². The smallest absolute Gasteiger partial charge is 0.255 e. The highest BCUT2D eigenvalue weighted by atomic mass is 32.2. The summed E-state index contributed by atoms with van der Waals surface area (Å²) in [6, 6.07) is 12.5. The van der Waals surface area contributed by atoms with E-state index in [0.29, 0.717) is 10.9 Å². The van der Waals surface area contributed by atoms with Crippen molar-refractivity contribution in [1.29, 1.82) is 0 Å². The Morgan fingerprint density at radius 3 is 2.43 bits per heavy atom. The molecule has 0 spiro atoms. The number of pyridine rings is 1. The van der Waals surface area contributed by atoms with Crippen LogP contribution >= 0.6 is 11.3 Å². The molecule has 0 aliphatic rings. The molecule has 0 bridgehead atoms. The highest BCUT2D eigenvalue weighted by Crippen LogP contribution is 2.41. The van der Waals surface area contributed by atoms with Crippen LogP contribution in [0.4, 0.5) is 13.2 Å². The SMILES string of the molecule is Cc1cnc2c(C(F)(F)F)cccc2c1-c1cc(-c2cccc(S(C)(=O)=O)c2)cs1. The van der Waals surface area contributed by atoms with Crippen LogP contribution in [-0.2, 0) is 16.0 Å². The van der Waals surface area contributed by atoms with Crippen LogP contribution in [-0.4, -0.2) is 19.7 Å². The zero-order valence-electron chi connectivity index (χ0n) is 16.0. The Balaban J connectivity index is 1.88. The van der Waals surface area contributed by atoms with E-state index in [2.05, 4.69) is 4.98 Å². The van der Waals surface area contributed by atoms with Gasteiger partial charge in [0.2, 0.25) is 0 Å². The number of alkyl halides is 3. The van der Waals surface area contributed by atoms with Crippen molar-refractivity contribution in [3.63, 3.8) is 0 Å². The van der Waals surface area contributed by atoms with E-state index >= 15 is 0 Å². The third-order valence-electron chi connectivity index (χ3n) is 4.83. The molecule has 0 atom stereocenters. The number of para-hydroxylation sites is 1. The first kappa shape index (κ1) is 20.6. The molecule has 154 valence electrons. The molecule has 3 nitrogen and oxygen atoms in total. The highest BCUT2D eigenvalue weighted by Gasteiger charge is 2.33. The van der Waals surface area contributed by atoms with Gasteiger partial charge in [-0.2, -0.15) is 13.2 Å². The third kappa shape index (κ3) is 3.73.